The monoisotopic (exact) mass is 905 g/mol. The fourth-order valence-electron chi connectivity index (χ4n) is 12.6. The average Bonchev–Trinajstić information content (AvgIpc) is 4.20. The van der Waals surface area contributed by atoms with Crippen LogP contribution in [-0.4, -0.2) is 13.7 Å². The van der Waals surface area contributed by atoms with E-state index in [9.17, 15) is 10.5 Å². The van der Waals surface area contributed by atoms with E-state index in [1.54, 1.807) is 0 Å². The molecule has 0 saturated carbocycles. The lowest BCUT2D eigenvalue weighted by molar-refractivity contribution is 0.661. The second-order valence-electron chi connectivity index (χ2n) is 19.3. The van der Waals surface area contributed by atoms with E-state index in [0.717, 1.165) is 98.5 Å². The molecule has 4 aromatic heterocycles. The van der Waals surface area contributed by atoms with Gasteiger partial charge in [-0.05, 0) is 82.4 Å². The highest BCUT2D eigenvalue weighted by atomic mass is 16.3. The quantitative estimate of drug-likeness (QED) is 0.177. The molecule has 0 unspecified atom stereocenters. The van der Waals surface area contributed by atoms with Crippen molar-refractivity contribution in [2.75, 3.05) is 0 Å². The summed E-state index contributed by atoms with van der Waals surface area (Å²) in [6.45, 7) is 4.62. The SMILES string of the molecule is CC1(C)c2ccccc2-c2c1ccc1c2c2ccccc2n1-c1c(C#N)c(-n2c3ccccc3c3ccccc32)c(-c2ccc3oc4ccccc4c3c2)c(-n2c3ccccc3c3ccccc32)c1C#N. The van der Waals surface area contributed by atoms with E-state index in [1.165, 1.54) is 22.3 Å². The van der Waals surface area contributed by atoms with Crippen molar-refractivity contribution in [3.05, 3.63) is 222 Å². The van der Waals surface area contributed by atoms with Crippen LogP contribution in [0.5, 0.6) is 0 Å². The number of furan rings is 1. The molecule has 0 N–H and O–H groups in total. The zero-order valence-electron chi connectivity index (χ0n) is 38.7. The fraction of sp³-hybridized carbons (Fsp3) is 0.0462. The van der Waals surface area contributed by atoms with Crippen LogP contribution in [0.4, 0.5) is 0 Å². The van der Waals surface area contributed by atoms with Gasteiger partial charge in [-0.2, -0.15) is 10.5 Å². The Balaban J connectivity index is 1.23. The largest absolute Gasteiger partial charge is 0.456 e. The van der Waals surface area contributed by atoms with Gasteiger partial charge >= 0.3 is 0 Å². The summed E-state index contributed by atoms with van der Waals surface area (Å²) in [4.78, 5) is 0. The van der Waals surface area contributed by atoms with Crippen LogP contribution in [0.2, 0.25) is 0 Å². The number of rotatable bonds is 4. The van der Waals surface area contributed by atoms with Gasteiger partial charge in [0.2, 0.25) is 0 Å². The van der Waals surface area contributed by atoms with Gasteiger partial charge in [-0.3, -0.25) is 0 Å². The Bertz CT molecular complexity index is 4510. The summed E-state index contributed by atoms with van der Waals surface area (Å²) in [5.41, 5.74) is 16.1. The van der Waals surface area contributed by atoms with Gasteiger partial charge in [0, 0.05) is 54.1 Å². The van der Waals surface area contributed by atoms with Crippen LogP contribution in [0.25, 0.3) is 127 Å². The van der Waals surface area contributed by atoms with Crippen molar-refractivity contribution in [1.29, 1.82) is 10.5 Å². The maximum absolute atomic E-state index is 12.4. The predicted molar refractivity (Wildman–Crippen MR) is 289 cm³/mol. The van der Waals surface area contributed by atoms with Gasteiger partial charge in [0.25, 0.3) is 0 Å². The molecule has 0 bridgehead atoms. The Hall–Kier alpha value is -9.62. The van der Waals surface area contributed by atoms with Crippen molar-refractivity contribution >= 4 is 87.4 Å². The number of hydrogen-bond acceptors (Lipinski definition) is 3. The normalized spacial score (nSPS) is 13.0. The van der Waals surface area contributed by atoms with E-state index < -0.39 is 0 Å². The summed E-state index contributed by atoms with van der Waals surface area (Å²) < 4.78 is 13.3. The third-order valence-electron chi connectivity index (χ3n) is 15.5. The third kappa shape index (κ3) is 5.07. The van der Waals surface area contributed by atoms with Gasteiger partial charge in [-0.15, -0.1) is 0 Å². The summed E-state index contributed by atoms with van der Waals surface area (Å²) in [5, 5.41) is 33.1. The molecule has 0 saturated heterocycles. The predicted octanol–water partition coefficient (Wildman–Crippen LogP) is 16.6. The van der Waals surface area contributed by atoms with E-state index in [1.807, 2.05) is 24.3 Å². The molecule has 6 heteroatoms. The zero-order chi connectivity index (χ0) is 47.3. The van der Waals surface area contributed by atoms with E-state index in [-0.39, 0.29) is 5.41 Å². The molecule has 0 fully saturated rings. The number of aromatic nitrogens is 3. The molecule has 6 nitrogen and oxygen atoms in total. The molecule has 71 heavy (non-hydrogen) atoms. The first kappa shape index (κ1) is 39.4. The smallest absolute Gasteiger partial charge is 0.135 e. The number of fused-ring (bicyclic) bond motifs is 16. The van der Waals surface area contributed by atoms with Gasteiger partial charge in [0.05, 0.1) is 50.2 Å². The molecule has 4 heterocycles. The highest BCUT2D eigenvalue weighted by Crippen LogP contribution is 2.55. The Labute approximate surface area is 407 Å². The summed E-state index contributed by atoms with van der Waals surface area (Å²) >= 11 is 0. The third-order valence-corrected chi connectivity index (χ3v) is 15.5. The van der Waals surface area contributed by atoms with E-state index in [2.05, 4.69) is 216 Å². The number of nitrogens with zero attached hydrogens (tertiary/aromatic N) is 5. The molecule has 14 aromatic rings. The van der Waals surface area contributed by atoms with Crippen LogP contribution in [0.15, 0.2) is 205 Å². The van der Waals surface area contributed by atoms with Gasteiger partial charge in [0.15, 0.2) is 0 Å². The number of benzene rings is 10. The van der Waals surface area contributed by atoms with Crippen molar-refractivity contribution < 1.29 is 4.42 Å². The van der Waals surface area contributed by atoms with Crippen LogP contribution in [0.1, 0.15) is 36.1 Å². The summed E-state index contributed by atoms with van der Waals surface area (Å²) in [6.07, 6.45) is 0. The first-order chi connectivity index (χ1) is 35.0. The molecule has 0 atom stereocenters. The second-order valence-corrected chi connectivity index (χ2v) is 19.3. The standard InChI is InChI=1S/C65H39N5O/c1-65(2)49-24-10-3-22-44(49)60-50(65)32-33-56-61(60)45-23-8-15-29-55(45)70(56)62-47(36-66)63(68-51-25-11-4-17-39(51)40-18-5-12-26-52(40)68)59(38-31-34-58-46(35-38)43-21-9-16-30-57(43)71-58)64(48(62)37-67)69-53-27-13-6-19-41(53)42-20-7-14-28-54(42)69/h3-35H,1-2H3. The van der Waals surface area contributed by atoms with Crippen molar-refractivity contribution in [3.63, 3.8) is 0 Å². The topological polar surface area (TPSA) is 75.5 Å². The molecule has 1 aliphatic rings. The molecule has 330 valence electrons. The Morgan fingerprint density at radius 2 is 0.831 bits per heavy atom. The Morgan fingerprint density at radius 1 is 0.380 bits per heavy atom. The molecule has 0 spiro atoms. The fourth-order valence-corrected chi connectivity index (χ4v) is 12.6. The number of hydrogen-bond donors (Lipinski definition) is 0. The van der Waals surface area contributed by atoms with Crippen LogP contribution in [-0.2, 0) is 5.41 Å². The maximum atomic E-state index is 12.4. The van der Waals surface area contributed by atoms with Crippen LogP contribution in [0.3, 0.4) is 0 Å². The lowest BCUT2D eigenvalue weighted by Gasteiger charge is -2.26. The van der Waals surface area contributed by atoms with Gasteiger partial charge < -0.3 is 18.1 Å². The second kappa shape index (κ2) is 14.2. The van der Waals surface area contributed by atoms with Crippen LogP contribution < -0.4 is 0 Å². The van der Waals surface area contributed by atoms with E-state index in [4.69, 9.17) is 4.42 Å². The Kier molecular flexibility index (Phi) is 7.88. The van der Waals surface area contributed by atoms with Gasteiger partial charge in [0.1, 0.15) is 34.4 Å². The molecule has 10 aromatic carbocycles. The van der Waals surface area contributed by atoms with Crippen LogP contribution in [0, 0.1) is 22.7 Å². The Morgan fingerprint density at radius 3 is 1.39 bits per heavy atom. The minimum Gasteiger partial charge on any atom is -0.456 e. The van der Waals surface area contributed by atoms with Gasteiger partial charge in [-0.1, -0.05) is 159 Å². The van der Waals surface area contributed by atoms with Crippen molar-refractivity contribution in [3.8, 4) is 51.5 Å². The lowest BCUT2D eigenvalue weighted by Crippen LogP contribution is -2.15. The molecule has 0 radical (unpaired) electrons. The minimum atomic E-state index is -0.241. The van der Waals surface area contributed by atoms with Gasteiger partial charge in [-0.25, -0.2) is 0 Å². The van der Waals surface area contributed by atoms with E-state index >= 15 is 0 Å². The molecule has 1 aliphatic carbocycles. The van der Waals surface area contributed by atoms with Crippen molar-refractivity contribution in [1.82, 2.24) is 13.7 Å². The maximum Gasteiger partial charge on any atom is 0.135 e. The summed E-state index contributed by atoms with van der Waals surface area (Å²) in [7, 11) is 0. The summed E-state index contributed by atoms with van der Waals surface area (Å²) in [5.74, 6) is 0. The highest BCUT2D eigenvalue weighted by molar-refractivity contribution is 6.19. The zero-order valence-corrected chi connectivity index (χ0v) is 38.7. The first-order valence-electron chi connectivity index (χ1n) is 24.1. The minimum absolute atomic E-state index is 0.241. The molecular weight excluding hydrogens is 867 g/mol. The molecule has 0 amide bonds. The highest BCUT2D eigenvalue weighted by Gasteiger charge is 2.39. The molecule has 0 aliphatic heterocycles. The van der Waals surface area contributed by atoms with Crippen molar-refractivity contribution in [2.24, 2.45) is 0 Å². The lowest BCUT2D eigenvalue weighted by atomic mass is 9.82. The average molecular weight is 906 g/mol. The molecular formula is C65H39N5O. The number of nitriles is 2. The van der Waals surface area contributed by atoms with E-state index in [0.29, 0.717) is 28.2 Å². The number of para-hydroxylation sites is 6. The summed E-state index contributed by atoms with van der Waals surface area (Å²) in [6, 6.07) is 75.7. The first-order valence-corrected chi connectivity index (χ1v) is 24.1. The molecule has 15 rings (SSSR count). The van der Waals surface area contributed by atoms with Crippen molar-refractivity contribution in [2.45, 2.75) is 19.3 Å². The van der Waals surface area contributed by atoms with Crippen LogP contribution >= 0.6 is 0 Å².